The fourth-order valence-corrected chi connectivity index (χ4v) is 3.54. The first-order valence-corrected chi connectivity index (χ1v) is 9.59. The molecule has 1 unspecified atom stereocenters. The van der Waals surface area contributed by atoms with Gasteiger partial charge in [0.25, 0.3) is 5.91 Å². The standard InChI is InChI=1S/C21H22N2O3S/c1-3-8-15(2)23-20(24)14-26-21(25)17-10-5-7-12-19(17)27-18-11-6-4-9-16(18)13-22/h4-7,9-12,15H,3,8,14H2,1-2H3,(H,23,24). The Morgan fingerprint density at radius 1 is 1.15 bits per heavy atom. The summed E-state index contributed by atoms with van der Waals surface area (Å²) in [7, 11) is 0. The van der Waals surface area contributed by atoms with Crippen LogP contribution in [0, 0.1) is 11.3 Å². The molecule has 1 atom stereocenters. The normalized spacial score (nSPS) is 11.3. The van der Waals surface area contributed by atoms with Crippen molar-refractivity contribution in [3.8, 4) is 6.07 Å². The van der Waals surface area contributed by atoms with Crippen LogP contribution in [-0.2, 0) is 9.53 Å². The van der Waals surface area contributed by atoms with Crippen molar-refractivity contribution < 1.29 is 14.3 Å². The van der Waals surface area contributed by atoms with E-state index in [-0.39, 0.29) is 18.6 Å². The Morgan fingerprint density at radius 3 is 2.52 bits per heavy atom. The molecular formula is C21H22N2O3S. The zero-order valence-corrected chi connectivity index (χ0v) is 16.2. The van der Waals surface area contributed by atoms with Gasteiger partial charge in [0, 0.05) is 15.8 Å². The lowest BCUT2D eigenvalue weighted by Crippen LogP contribution is -2.35. The number of carbonyl (C=O) groups is 2. The smallest absolute Gasteiger partial charge is 0.339 e. The number of nitriles is 1. The van der Waals surface area contributed by atoms with Crippen molar-refractivity contribution in [3.05, 3.63) is 59.7 Å². The Kier molecular flexibility index (Phi) is 7.90. The van der Waals surface area contributed by atoms with E-state index < -0.39 is 5.97 Å². The number of benzene rings is 2. The van der Waals surface area contributed by atoms with Crippen LogP contribution < -0.4 is 5.32 Å². The quantitative estimate of drug-likeness (QED) is 0.693. The number of hydrogen-bond donors (Lipinski definition) is 1. The molecule has 0 bridgehead atoms. The van der Waals surface area contributed by atoms with E-state index >= 15 is 0 Å². The molecule has 2 aromatic rings. The fourth-order valence-electron chi connectivity index (χ4n) is 2.52. The Labute approximate surface area is 163 Å². The highest BCUT2D eigenvalue weighted by molar-refractivity contribution is 7.99. The molecule has 1 N–H and O–H groups in total. The van der Waals surface area contributed by atoms with Crippen molar-refractivity contribution in [2.75, 3.05) is 6.61 Å². The van der Waals surface area contributed by atoms with Crippen LogP contribution in [0.15, 0.2) is 58.3 Å². The predicted octanol–water partition coefficient (Wildman–Crippen LogP) is 4.17. The second-order valence-corrected chi connectivity index (χ2v) is 7.12. The van der Waals surface area contributed by atoms with Gasteiger partial charge in [0.1, 0.15) is 6.07 Å². The molecule has 140 valence electrons. The minimum absolute atomic E-state index is 0.0477. The van der Waals surface area contributed by atoms with Crippen molar-refractivity contribution >= 4 is 23.6 Å². The zero-order valence-electron chi connectivity index (χ0n) is 15.4. The zero-order chi connectivity index (χ0) is 19.6. The Morgan fingerprint density at radius 2 is 1.81 bits per heavy atom. The van der Waals surface area contributed by atoms with Gasteiger partial charge in [-0.05, 0) is 37.6 Å². The summed E-state index contributed by atoms with van der Waals surface area (Å²) in [6.45, 7) is 3.64. The summed E-state index contributed by atoms with van der Waals surface area (Å²) < 4.78 is 5.17. The Bertz CT molecular complexity index is 845. The first-order chi connectivity index (χ1) is 13.0. The van der Waals surface area contributed by atoms with E-state index in [0.29, 0.717) is 16.0 Å². The molecule has 0 saturated carbocycles. The highest BCUT2D eigenvalue weighted by Gasteiger charge is 2.16. The third-order valence-corrected chi connectivity index (χ3v) is 4.95. The maximum Gasteiger partial charge on any atom is 0.339 e. The monoisotopic (exact) mass is 382 g/mol. The topological polar surface area (TPSA) is 79.2 Å². The maximum absolute atomic E-state index is 12.4. The van der Waals surface area contributed by atoms with Crippen LogP contribution in [0.25, 0.3) is 0 Å². The highest BCUT2D eigenvalue weighted by Crippen LogP contribution is 2.32. The van der Waals surface area contributed by atoms with Gasteiger partial charge in [-0.15, -0.1) is 0 Å². The van der Waals surface area contributed by atoms with E-state index in [9.17, 15) is 14.9 Å². The van der Waals surface area contributed by atoms with E-state index in [1.54, 1.807) is 30.3 Å². The van der Waals surface area contributed by atoms with E-state index in [1.807, 2.05) is 32.0 Å². The van der Waals surface area contributed by atoms with Gasteiger partial charge in [0.15, 0.2) is 6.61 Å². The molecular weight excluding hydrogens is 360 g/mol. The number of amides is 1. The van der Waals surface area contributed by atoms with Crippen LogP contribution >= 0.6 is 11.8 Å². The number of rotatable bonds is 8. The van der Waals surface area contributed by atoms with Gasteiger partial charge in [0.2, 0.25) is 0 Å². The van der Waals surface area contributed by atoms with Crippen molar-refractivity contribution in [1.29, 1.82) is 5.26 Å². The molecule has 0 aromatic heterocycles. The number of hydrogen-bond acceptors (Lipinski definition) is 5. The first kappa shape index (κ1) is 20.5. The predicted molar refractivity (Wildman–Crippen MR) is 105 cm³/mol. The average Bonchev–Trinajstić information content (AvgIpc) is 2.67. The van der Waals surface area contributed by atoms with Gasteiger partial charge in [-0.2, -0.15) is 5.26 Å². The molecule has 0 saturated heterocycles. The molecule has 0 aliphatic carbocycles. The second kappa shape index (κ2) is 10.4. The van der Waals surface area contributed by atoms with E-state index in [2.05, 4.69) is 11.4 Å². The molecule has 0 fully saturated rings. The molecule has 0 aliphatic heterocycles. The van der Waals surface area contributed by atoms with Gasteiger partial charge in [-0.25, -0.2) is 4.79 Å². The van der Waals surface area contributed by atoms with Gasteiger partial charge in [-0.1, -0.05) is 49.4 Å². The molecule has 27 heavy (non-hydrogen) atoms. The largest absolute Gasteiger partial charge is 0.452 e. The average molecular weight is 382 g/mol. The first-order valence-electron chi connectivity index (χ1n) is 8.77. The van der Waals surface area contributed by atoms with E-state index in [1.165, 1.54) is 11.8 Å². The fraction of sp³-hybridized carbons (Fsp3) is 0.286. The minimum atomic E-state index is -0.564. The van der Waals surface area contributed by atoms with Crippen LogP contribution in [-0.4, -0.2) is 24.5 Å². The summed E-state index contributed by atoms with van der Waals surface area (Å²) >= 11 is 1.32. The van der Waals surface area contributed by atoms with Crippen LogP contribution in [0.1, 0.15) is 42.6 Å². The summed E-state index contributed by atoms with van der Waals surface area (Å²) in [5.41, 5.74) is 0.902. The number of carbonyl (C=O) groups excluding carboxylic acids is 2. The summed E-state index contributed by atoms with van der Waals surface area (Å²) in [6.07, 6.45) is 1.84. The van der Waals surface area contributed by atoms with Crippen LogP contribution in [0.5, 0.6) is 0 Å². The van der Waals surface area contributed by atoms with Crippen molar-refractivity contribution in [1.82, 2.24) is 5.32 Å². The number of ether oxygens (including phenoxy) is 1. The third-order valence-electron chi connectivity index (χ3n) is 3.80. The molecule has 2 aromatic carbocycles. The number of nitrogens with zero attached hydrogens (tertiary/aromatic N) is 1. The van der Waals surface area contributed by atoms with Crippen LogP contribution in [0.3, 0.4) is 0 Å². The maximum atomic E-state index is 12.4. The number of nitrogens with one attached hydrogen (secondary N) is 1. The second-order valence-electron chi connectivity index (χ2n) is 6.04. The molecule has 2 rings (SSSR count). The lowest BCUT2D eigenvalue weighted by Gasteiger charge is -2.13. The lowest BCUT2D eigenvalue weighted by molar-refractivity contribution is -0.124. The van der Waals surface area contributed by atoms with Crippen LogP contribution in [0.2, 0.25) is 0 Å². The van der Waals surface area contributed by atoms with Gasteiger partial charge < -0.3 is 10.1 Å². The summed E-state index contributed by atoms with van der Waals surface area (Å²) in [5, 5.41) is 12.0. The van der Waals surface area contributed by atoms with Gasteiger partial charge in [-0.3, -0.25) is 4.79 Å². The van der Waals surface area contributed by atoms with Crippen molar-refractivity contribution in [2.45, 2.75) is 42.5 Å². The van der Waals surface area contributed by atoms with Gasteiger partial charge >= 0.3 is 5.97 Å². The Hall–Kier alpha value is -2.78. The SMILES string of the molecule is CCCC(C)NC(=O)COC(=O)c1ccccc1Sc1ccccc1C#N. The molecule has 0 aliphatic rings. The molecule has 5 nitrogen and oxygen atoms in total. The summed E-state index contributed by atoms with van der Waals surface area (Å²) in [6, 6.07) is 16.4. The van der Waals surface area contributed by atoms with Crippen LogP contribution in [0.4, 0.5) is 0 Å². The minimum Gasteiger partial charge on any atom is -0.452 e. The molecule has 1 amide bonds. The molecule has 6 heteroatoms. The Balaban J connectivity index is 2.05. The lowest BCUT2D eigenvalue weighted by atomic mass is 10.2. The van der Waals surface area contributed by atoms with Crippen molar-refractivity contribution in [3.63, 3.8) is 0 Å². The van der Waals surface area contributed by atoms with E-state index in [0.717, 1.165) is 17.7 Å². The van der Waals surface area contributed by atoms with E-state index in [4.69, 9.17) is 4.74 Å². The summed E-state index contributed by atoms with van der Waals surface area (Å²) in [5.74, 6) is -0.880. The van der Waals surface area contributed by atoms with Crippen molar-refractivity contribution in [2.24, 2.45) is 0 Å². The summed E-state index contributed by atoms with van der Waals surface area (Å²) in [4.78, 5) is 25.8. The third kappa shape index (κ3) is 6.15. The number of esters is 1. The van der Waals surface area contributed by atoms with Gasteiger partial charge in [0.05, 0.1) is 11.1 Å². The molecule has 0 heterocycles. The molecule has 0 spiro atoms. The molecule has 0 radical (unpaired) electrons. The highest BCUT2D eigenvalue weighted by atomic mass is 32.2.